The number of benzene rings is 2. The molecule has 4 aromatic rings. The quantitative estimate of drug-likeness (QED) is 0.517. The van der Waals surface area contributed by atoms with Crippen LogP contribution < -0.4 is 10.1 Å². The molecular formula is C23H22N4O2. The molecule has 0 aliphatic carbocycles. The molecule has 6 nitrogen and oxygen atoms in total. The summed E-state index contributed by atoms with van der Waals surface area (Å²) in [6.07, 6.45) is 3.99. The van der Waals surface area contributed by atoms with Gasteiger partial charge in [0.05, 0.1) is 18.8 Å². The highest BCUT2D eigenvalue weighted by Crippen LogP contribution is 2.22. The van der Waals surface area contributed by atoms with Crippen LogP contribution in [0.15, 0.2) is 79.1 Å². The van der Waals surface area contributed by atoms with Crippen molar-refractivity contribution in [2.75, 3.05) is 7.11 Å². The number of nitrogens with one attached hydrogen (secondary N) is 2. The fourth-order valence-electron chi connectivity index (χ4n) is 3.17. The Morgan fingerprint density at radius 3 is 2.55 bits per heavy atom. The molecule has 1 atom stereocenters. The lowest BCUT2D eigenvalue weighted by molar-refractivity contribution is 0.0935. The number of aromatic amines is 1. The van der Waals surface area contributed by atoms with E-state index in [1.807, 2.05) is 78.5 Å². The van der Waals surface area contributed by atoms with Gasteiger partial charge in [0.2, 0.25) is 0 Å². The molecule has 1 unspecified atom stereocenters. The zero-order valence-electron chi connectivity index (χ0n) is 16.3. The molecule has 6 heteroatoms. The van der Waals surface area contributed by atoms with E-state index in [0.29, 0.717) is 11.4 Å². The van der Waals surface area contributed by atoms with Gasteiger partial charge in [0.15, 0.2) is 0 Å². The number of ether oxygens (including phenoxy) is 1. The Balaban J connectivity index is 1.47. The van der Waals surface area contributed by atoms with Gasteiger partial charge >= 0.3 is 0 Å². The summed E-state index contributed by atoms with van der Waals surface area (Å²) in [6, 6.07) is 21.2. The molecule has 146 valence electrons. The van der Waals surface area contributed by atoms with Crippen molar-refractivity contribution in [2.45, 2.75) is 13.0 Å². The van der Waals surface area contributed by atoms with Gasteiger partial charge in [-0.3, -0.25) is 9.89 Å². The molecule has 2 heterocycles. The van der Waals surface area contributed by atoms with E-state index in [1.54, 1.807) is 13.2 Å². The first-order valence-corrected chi connectivity index (χ1v) is 9.38. The number of nitrogens with zero attached hydrogens (tertiary/aromatic N) is 2. The Morgan fingerprint density at radius 1 is 1.07 bits per heavy atom. The van der Waals surface area contributed by atoms with E-state index < -0.39 is 0 Å². The summed E-state index contributed by atoms with van der Waals surface area (Å²) in [6.45, 7) is 1.97. The second-order valence-corrected chi connectivity index (χ2v) is 6.78. The number of amides is 1. The average molecular weight is 386 g/mol. The Morgan fingerprint density at radius 2 is 1.83 bits per heavy atom. The van der Waals surface area contributed by atoms with Crippen molar-refractivity contribution in [3.63, 3.8) is 0 Å². The summed E-state index contributed by atoms with van der Waals surface area (Å²) in [5, 5.41) is 10.1. The molecule has 0 bridgehead atoms. The van der Waals surface area contributed by atoms with E-state index in [0.717, 1.165) is 22.6 Å². The number of hydrogen-bond acceptors (Lipinski definition) is 3. The Kier molecular flexibility index (Phi) is 5.16. The van der Waals surface area contributed by atoms with Crippen LogP contribution in [-0.2, 0) is 0 Å². The van der Waals surface area contributed by atoms with Crippen LogP contribution in [0.1, 0.15) is 29.0 Å². The third-order valence-electron chi connectivity index (χ3n) is 4.83. The number of carbonyl (C=O) groups is 1. The number of hydrogen-bond donors (Lipinski definition) is 2. The van der Waals surface area contributed by atoms with Crippen molar-refractivity contribution < 1.29 is 9.53 Å². The van der Waals surface area contributed by atoms with Crippen LogP contribution in [0.25, 0.3) is 16.9 Å². The number of rotatable bonds is 6. The third-order valence-corrected chi connectivity index (χ3v) is 4.83. The Bertz CT molecular complexity index is 1100. The van der Waals surface area contributed by atoms with E-state index in [9.17, 15) is 4.79 Å². The number of carbonyl (C=O) groups excluding carboxylic acids is 1. The number of aromatic nitrogens is 3. The van der Waals surface area contributed by atoms with Gasteiger partial charge in [-0.1, -0.05) is 12.1 Å². The predicted octanol–water partition coefficient (Wildman–Crippen LogP) is 4.37. The average Bonchev–Trinajstić information content (AvgIpc) is 3.46. The van der Waals surface area contributed by atoms with Crippen molar-refractivity contribution in [3.05, 3.63) is 90.4 Å². The molecule has 0 aliphatic rings. The van der Waals surface area contributed by atoms with Gasteiger partial charge in [0.1, 0.15) is 11.4 Å². The van der Waals surface area contributed by atoms with Crippen molar-refractivity contribution in [1.82, 2.24) is 20.1 Å². The second-order valence-electron chi connectivity index (χ2n) is 6.78. The van der Waals surface area contributed by atoms with Gasteiger partial charge in [0, 0.05) is 23.6 Å². The Labute approximate surface area is 169 Å². The van der Waals surface area contributed by atoms with Gasteiger partial charge < -0.3 is 14.6 Å². The number of H-pyrrole nitrogens is 1. The third kappa shape index (κ3) is 4.06. The van der Waals surface area contributed by atoms with Crippen molar-refractivity contribution in [2.24, 2.45) is 0 Å². The fraction of sp³-hybridized carbons (Fsp3) is 0.130. The van der Waals surface area contributed by atoms with Gasteiger partial charge in [-0.2, -0.15) is 5.10 Å². The second kappa shape index (κ2) is 8.06. The molecule has 29 heavy (non-hydrogen) atoms. The summed E-state index contributed by atoms with van der Waals surface area (Å²) >= 11 is 0. The fourth-order valence-corrected chi connectivity index (χ4v) is 3.17. The maximum absolute atomic E-state index is 12.7. The van der Waals surface area contributed by atoms with E-state index in [2.05, 4.69) is 21.6 Å². The van der Waals surface area contributed by atoms with Gasteiger partial charge in [0.25, 0.3) is 5.91 Å². The Hall–Kier alpha value is -3.80. The normalized spacial score (nSPS) is 11.8. The zero-order valence-corrected chi connectivity index (χ0v) is 16.3. The first-order chi connectivity index (χ1) is 14.1. The molecular weight excluding hydrogens is 364 g/mol. The summed E-state index contributed by atoms with van der Waals surface area (Å²) in [5.74, 6) is 0.578. The van der Waals surface area contributed by atoms with Crippen molar-refractivity contribution in [1.29, 1.82) is 0 Å². The van der Waals surface area contributed by atoms with Crippen molar-refractivity contribution in [3.8, 4) is 22.7 Å². The molecule has 4 rings (SSSR count). The molecule has 0 aliphatic heterocycles. The molecule has 0 spiro atoms. The lowest BCUT2D eigenvalue weighted by Gasteiger charge is -2.15. The first-order valence-electron chi connectivity index (χ1n) is 9.38. The minimum atomic E-state index is -0.198. The smallest absolute Gasteiger partial charge is 0.269 e. The molecule has 0 saturated carbocycles. The van der Waals surface area contributed by atoms with Gasteiger partial charge in [-0.15, -0.1) is 0 Å². The van der Waals surface area contributed by atoms with Crippen LogP contribution >= 0.6 is 0 Å². The molecule has 0 fully saturated rings. The summed E-state index contributed by atoms with van der Waals surface area (Å²) in [5.41, 5.74) is 4.12. The SMILES string of the molecule is COc1ccc(-c2cc(C(=O)NC(C)c3cccc(-n4cccc4)c3)[nH]n2)cc1. The van der Waals surface area contributed by atoms with Crippen LogP contribution in [0.4, 0.5) is 0 Å². The lowest BCUT2D eigenvalue weighted by atomic mass is 10.1. The topological polar surface area (TPSA) is 71.9 Å². The molecule has 0 saturated heterocycles. The monoisotopic (exact) mass is 386 g/mol. The molecule has 1 amide bonds. The van der Waals surface area contributed by atoms with Crippen molar-refractivity contribution >= 4 is 5.91 Å². The van der Waals surface area contributed by atoms with Gasteiger partial charge in [-0.25, -0.2) is 0 Å². The molecule has 2 aromatic heterocycles. The van der Waals surface area contributed by atoms with Crippen LogP contribution in [-0.4, -0.2) is 27.8 Å². The van der Waals surface area contributed by atoms with Crippen LogP contribution in [0.5, 0.6) is 5.75 Å². The van der Waals surface area contributed by atoms with Crippen LogP contribution in [0.3, 0.4) is 0 Å². The van der Waals surface area contributed by atoms with Crippen LogP contribution in [0.2, 0.25) is 0 Å². The minimum Gasteiger partial charge on any atom is -0.497 e. The highest BCUT2D eigenvalue weighted by molar-refractivity contribution is 5.93. The van der Waals surface area contributed by atoms with E-state index >= 15 is 0 Å². The largest absolute Gasteiger partial charge is 0.497 e. The first kappa shape index (κ1) is 18.6. The molecule has 2 N–H and O–H groups in total. The van der Waals surface area contributed by atoms with E-state index in [-0.39, 0.29) is 11.9 Å². The summed E-state index contributed by atoms with van der Waals surface area (Å²) in [4.78, 5) is 12.7. The van der Waals surface area contributed by atoms with Crippen LogP contribution in [0, 0.1) is 0 Å². The zero-order chi connectivity index (χ0) is 20.2. The van der Waals surface area contributed by atoms with E-state index in [1.165, 1.54) is 0 Å². The maximum atomic E-state index is 12.7. The predicted molar refractivity (Wildman–Crippen MR) is 112 cm³/mol. The highest BCUT2D eigenvalue weighted by atomic mass is 16.5. The van der Waals surface area contributed by atoms with Gasteiger partial charge in [-0.05, 0) is 67.1 Å². The molecule has 0 radical (unpaired) electrons. The summed E-state index contributed by atoms with van der Waals surface area (Å²) < 4.78 is 7.21. The summed E-state index contributed by atoms with van der Waals surface area (Å²) in [7, 11) is 1.63. The lowest BCUT2D eigenvalue weighted by Crippen LogP contribution is -2.27. The number of methoxy groups -OCH3 is 1. The standard InChI is InChI=1S/C23H22N4O2/c1-16(18-6-5-7-19(14-18)27-12-3-4-13-27)24-23(28)22-15-21(25-26-22)17-8-10-20(29-2)11-9-17/h3-16H,1-2H3,(H,24,28)(H,25,26). The highest BCUT2D eigenvalue weighted by Gasteiger charge is 2.15. The minimum absolute atomic E-state index is 0.147. The maximum Gasteiger partial charge on any atom is 0.269 e. The van der Waals surface area contributed by atoms with E-state index in [4.69, 9.17) is 4.74 Å². The molecule has 2 aromatic carbocycles.